The van der Waals surface area contributed by atoms with E-state index in [1.165, 1.54) is 0 Å². The number of rotatable bonds is 1. The van der Waals surface area contributed by atoms with E-state index < -0.39 is 0 Å². The topological polar surface area (TPSA) is 59.3 Å². The number of aliphatic hydroxyl groups excluding tert-OH is 1. The Morgan fingerprint density at radius 2 is 2.12 bits per heavy atom. The van der Waals surface area contributed by atoms with Gasteiger partial charge in [-0.2, -0.15) is 5.26 Å². The van der Waals surface area contributed by atoms with Crippen LogP contribution in [0.3, 0.4) is 0 Å². The highest BCUT2D eigenvalue weighted by atomic mass is 16.3. The summed E-state index contributed by atoms with van der Waals surface area (Å²) in [7, 11) is 0. The number of nitrogens with zero attached hydrogens (tertiary/aromatic N) is 2. The van der Waals surface area contributed by atoms with Gasteiger partial charge in [0.15, 0.2) is 0 Å². The minimum absolute atomic E-state index is 0.335. The summed E-state index contributed by atoms with van der Waals surface area (Å²) in [5.74, 6) is 0. The molecule has 4 nitrogen and oxygen atoms in total. The fourth-order valence-corrected chi connectivity index (χ4v) is 1.87. The van der Waals surface area contributed by atoms with Crippen molar-refractivity contribution in [3.05, 3.63) is 29.8 Å². The van der Waals surface area contributed by atoms with Gasteiger partial charge in [0.25, 0.3) is 0 Å². The first-order valence-electron chi connectivity index (χ1n) is 5.43. The quantitative estimate of drug-likeness (QED) is 0.711. The van der Waals surface area contributed by atoms with Crippen LogP contribution in [0.2, 0.25) is 0 Å². The maximum atomic E-state index is 9.67. The van der Waals surface area contributed by atoms with Gasteiger partial charge < -0.3 is 15.3 Å². The van der Waals surface area contributed by atoms with Crippen LogP contribution in [0.15, 0.2) is 24.3 Å². The fourth-order valence-electron chi connectivity index (χ4n) is 1.87. The van der Waals surface area contributed by atoms with Crippen LogP contribution < -0.4 is 10.2 Å². The van der Waals surface area contributed by atoms with E-state index in [1.807, 2.05) is 12.1 Å². The Morgan fingerprint density at radius 1 is 1.38 bits per heavy atom. The fraction of sp³-hybridized carbons (Fsp3) is 0.417. The zero-order valence-corrected chi connectivity index (χ0v) is 9.06. The van der Waals surface area contributed by atoms with Crippen molar-refractivity contribution >= 4 is 5.69 Å². The molecule has 0 aromatic heterocycles. The molecule has 0 radical (unpaired) electrons. The van der Waals surface area contributed by atoms with Gasteiger partial charge in [0, 0.05) is 31.9 Å². The summed E-state index contributed by atoms with van der Waals surface area (Å²) in [6, 6.07) is 9.56. The van der Waals surface area contributed by atoms with Crippen LogP contribution >= 0.6 is 0 Å². The molecular weight excluding hydrogens is 202 g/mol. The molecular formula is C12H15N3O. The lowest BCUT2D eigenvalue weighted by atomic mass is 10.2. The summed E-state index contributed by atoms with van der Waals surface area (Å²) >= 11 is 0. The predicted molar refractivity (Wildman–Crippen MR) is 62.2 cm³/mol. The zero-order valence-electron chi connectivity index (χ0n) is 9.06. The molecule has 0 saturated carbocycles. The Kier molecular flexibility index (Phi) is 3.40. The molecule has 4 heteroatoms. The van der Waals surface area contributed by atoms with Gasteiger partial charge in [-0.25, -0.2) is 0 Å². The maximum absolute atomic E-state index is 9.67. The molecule has 0 bridgehead atoms. The maximum Gasteiger partial charge on any atom is 0.0991 e. The summed E-state index contributed by atoms with van der Waals surface area (Å²) in [5, 5.41) is 21.6. The van der Waals surface area contributed by atoms with E-state index in [-0.39, 0.29) is 6.10 Å². The van der Waals surface area contributed by atoms with Gasteiger partial charge in [0.2, 0.25) is 0 Å². The highest BCUT2D eigenvalue weighted by Gasteiger charge is 2.15. The van der Waals surface area contributed by atoms with Crippen LogP contribution in [0, 0.1) is 11.3 Å². The van der Waals surface area contributed by atoms with Gasteiger partial charge in [-0.05, 0) is 24.3 Å². The molecule has 1 heterocycles. The molecule has 1 aliphatic rings. The third kappa shape index (κ3) is 2.51. The Balaban J connectivity index is 2.12. The first-order valence-corrected chi connectivity index (χ1v) is 5.43. The van der Waals surface area contributed by atoms with E-state index in [1.54, 1.807) is 12.1 Å². The molecule has 84 valence electrons. The molecule has 1 fully saturated rings. The second-order valence-electron chi connectivity index (χ2n) is 3.96. The van der Waals surface area contributed by atoms with Crippen LogP contribution in [0.1, 0.15) is 5.56 Å². The van der Waals surface area contributed by atoms with Gasteiger partial charge >= 0.3 is 0 Å². The highest BCUT2D eigenvalue weighted by Crippen LogP contribution is 2.15. The monoisotopic (exact) mass is 217 g/mol. The number of anilines is 1. The normalized spacial score (nSPS) is 21.2. The lowest BCUT2D eigenvalue weighted by Crippen LogP contribution is -2.32. The lowest BCUT2D eigenvalue weighted by molar-refractivity contribution is 0.185. The van der Waals surface area contributed by atoms with E-state index in [9.17, 15) is 5.11 Å². The van der Waals surface area contributed by atoms with Gasteiger partial charge in [0.05, 0.1) is 17.7 Å². The van der Waals surface area contributed by atoms with Crippen LogP contribution in [0.25, 0.3) is 0 Å². The number of hydrogen-bond acceptors (Lipinski definition) is 4. The van der Waals surface area contributed by atoms with Crippen molar-refractivity contribution in [2.45, 2.75) is 6.10 Å². The van der Waals surface area contributed by atoms with Crippen LogP contribution in [0.4, 0.5) is 5.69 Å². The second-order valence-corrected chi connectivity index (χ2v) is 3.96. The van der Waals surface area contributed by atoms with Crippen molar-refractivity contribution in [2.24, 2.45) is 0 Å². The van der Waals surface area contributed by atoms with Gasteiger partial charge in [-0.15, -0.1) is 0 Å². The molecule has 1 aromatic rings. The Bertz CT molecular complexity index is 382. The Morgan fingerprint density at radius 3 is 2.81 bits per heavy atom. The summed E-state index contributed by atoms with van der Waals surface area (Å²) < 4.78 is 0. The van der Waals surface area contributed by atoms with Gasteiger partial charge in [-0.1, -0.05) is 0 Å². The van der Waals surface area contributed by atoms with Crippen LogP contribution in [-0.4, -0.2) is 37.4 Å². The third-order valence-corrected chi connectivity index (χ3v) is 2.73. The van der Waals surface area contributed by atoms with Crippen molar-refractivity contribution in [2.75, 3.05) is 31.1 Å². The summed E-state index contributed by atoms with van der Waals surface area (Å²) in [5.41, 5.74) is 1.72. The Labute approximate surface area is 95.1 Å². The van der Waals surface area contributed by atoms with Crippen molar-refractivity contribution in [1.82, 2.24) is 5.32 Å². The van der Waals surface area contributed by atoms with E-state index in [2.05, 4.69) is 16.3 Å². The zero-order chi connectivity index (χ0) is 11.4. The number of nitriles is 1. The number of nitrogens with one attached hydrogen (secondary N) is 1. The van der Waals surface area contributed by atoms with Crippen molar-refractivity contribution in [3.8, 4) is 6.07 Å². The molecule has 1 aromatic carbocycles. The number of β-amino-alcohol motifs (C(OH)–C–C–N with tert-alkyl or cyclic N) is 1. The summed E-state index contributed by atoms with van der Waals surface area (Å²) in [4.78, 5) is 2.13. The average Bonchev–Trinajstić information content (AvgIpc) is 2.54. The first kappa shape index (κ1) is 10.9. The molecule has 1 aliphatic heterocycles. The van der Waals surface area contributed by atoms with Crippen molar-refractivity contribution in [1.29, 1.82) is 5.26 Å². The molecule has 2 rings (SSSR count). The second kappa shape index (κ2) is 4.97. The molecule has 16 heavy (non-hydrogen) atoms. The average molecular weight is 217 g/mol. The predicted octanol–water partition coefficient (Wildman–Crippen LogP) is 0.329. The molecule has 0 spiro atoms. The molecule has 1 unspecified atom stereocenters. The minimum Gasteiger partial charge on any atom is -0.390 e. The van der Waals surface area contributed by atoms with Crippen molar-refractivity contribution < 1.29 is 5.11 Å². The van der Waals surface area contributed by atoms with Gasteiger partial charge in [0.1, 0.15) is 0 Å². The Hall–Kier alpha value is -1.57. The number of aliphatic hydroxyl groups is 1. The first-order chi connectivity index (χ1) is 7.79. The molecule has 1 saturated heterocycles. The number of benzene rings is 1. The summed E-state index contributed by atoms with van der Waals surface area (Å²) in [6.07, 6.45) is -0.335. The van der Waals surface area contributed by atoms with Crippen LogP contribution in [0.5, 0.6) is 0 Å². The molecule has 0 amide bonds. The molecule has 1 atom stereocenters. The van der Waals surface area contributed by atoms with E-state index in [0.29, 0.717) is 18.7 Å². The standard InChI is InChI=1S/C12H15N3O/c13-7-10-1-3-11(4-2-10)15-6-5-14-8-12(16)9-15/h1-4,12,14,16H,5-6,8-9H2. The smallest absolute Gasteiger partial charge is 0.0991 e. The highest BCUT2D eigenvalue weighted by molar-refractivity contribution is 5.50. The van der Waals surface area contributed by atoms with E-state index in [4.69, 9.17) is 5.26 Å². The van der Waals surface area contributed by atoms with Gasteiger partial charge in [-0.3, -0.25) is 0 Å². The minimum atomic E-state index is -0.335. The lowest BCUT2D eigenvalue weighted by Gasteiger charge is -2.23. The van der Waals surface area contributed by atoms with E-state index >= 15 is 0 Å². The largest absolute Gasteiger partial charge is 0.390 e. The van der Waals surface area contributed by atoms with Crippen molar-refractivity contribution in [3.63, 3.8) is 0 Å². The SMILES string of the molecule is N#Cc1ccc(N2CCNCC(O)C2)cc1. The number of hydrogen-bond donors (Lipinski definition) is 2. The van der Waals surface area contributed by atoms with E-state index in [0.717, 1.165) is 18.8 Å². The van der Waals surface area contributed by atoms with Crippen LogP contribution in [-0.2, 0) is 0 Å². The third-order valence-electron chi connectivity index (χ3n) is 2.73. The molecule has 0 aliphatic carbocycles. The molecule has 2 N–H and O–H groups in total. The summed E-state index contributed by atoms with van der Waals surface area (Å²) in [6.45, 7) is 3.03.